The molecule has 88 valence electrons. The van der Waals surface area contributed by atoms with Gasteiger partial charge in [-0.2, -0.15) is 0 Å². The molecular weight excluding hydrogens is 211 g/mol. The number of benzene rings is 1. The van der Waals surface area contributed by atoms with Crippen LogP contribution in [0, 0.1) is 5.82 Å². The van der Waals surface area contributed by atoms with Crippen LogP contribution in [-0.2, 0) is 9.53 Å². The van der Waals surface area contributed by atoms with Gasteiger partial charge in [-0.3, -0.25) is 0 Å². The van der Waals surface area contributed by atoms with Crippen molar-refractivity contribution in [1.82, 2.24) is 0 Å². The van der Waals surface area contributed by atoms with Crippen LogP contribution >= 0.6 is 0 Å². The van der Waals surface area contributed by atoms with Crippen molar-refractivity contribution in [1.29, 1.82) is 0 Å². The van der Waals surface area contributed by atoms with Crippen molar-refractivity contribution in [2.45, 2.75) is 25.9 Å². The molecule has 2 atom stereocenters. The largest absolute Gasteiger partial charge is 0.464 e. The molecule has 0 saturated heterocycles. The van der Waals surface area contributed by atoms with Crippen molar-refractivity contribution in [3.8, 4) is 0 Å². The minimum Gasteiger partial charge on any atom is -0.464 e. The fourth-order valence-corrected chi connectivity index (χ4v) is 1.38. The van der Waals surface area contributed by atoms with E-state index in [2.05, 4.69) is 0 Å². The van der Waals surface area contributed by atoms with Gasteiger partial charge in [0.05, 0.1) is 6.61 Å². The lowest BCUT2D eigenvalue weighted by Crippen LogP contribution is -2.28. The van der Waals surface area contributed by atoms with Crippen molar-refractivity contribution in [3.63, 3.8) is 0 Å². The van der Waals surface area contributed by atoms with Crippen molar-refractivity contribution in [2.75, 3.05) is 6.61 Å². The Morgan fingerprint density at radius 2 is 2.00 bits per heavy atom. The summed E-state index contributed by atoms with van der Waals surface area (Å²) < 4.78 is 17.4. The highest BCUT2D eigenvalue weighted by Crippen LogP contribution is 2.20. The topological polar surface area (TPSA) is 46.5 Å². The summed E-state index contributed by atoms with van der Waals surface area (Å²) in [4.78, 5) is 11.3. The summed E-state index contributed by atoms with van der Waals surface area (Å²) >= 11 is 0. The van der Waals surface area contributed by atoms with E-state index in [-0.39, 0.29) is 12.4 Å². The molecule has 0 aliphatic heterocycles. The smallest absolute Gasteiger partial charge is 0.335 e. The summed E-state index contributed by atoms with van der Waals surface area (Å²) in [7, 11) is 0. The Morgan fingerprint density at radius 1 is 1.44 bits per heavy atom. The van der Waals surface area contributed by atoms with E-state index in [9.17, 15) is 14.3 Å². The number of ether oxygens (including phenoxy) is 1. The van der Waals surface area contributed by atoms with Crippen LogP contribution in [0.25, 0.3) is 0 Å². The molecule has 1 aromatic carbocycles. The summed E-state index contributed by atoms with van der Waals surface area (Å²) in [5.74, 6) is -1.42. The van der Waals surface area contributed by atoms with Gasteiger partial charge >= 0.3 is 5.97 Å². The van der Waals surface area contributed by atoms with Crippen LogP contribution < -0.4 is 0 Å². The first-order valence-electron chi connectivity index (χ1n) is 5.16. The second-order valence-corrected chi connectivity index (χ2v) is 3.54. The monoisotopic (exact) mass is 226 g/mol. The van der Waals surface area contributed by atoms with Gasteiger partial charge < -0.3 is 9.84 Å². The minimum atomic E-state index is -1.22. The van der Waals surface area contributed by atoms with Gasteiger partial charge in [-0.15, -0.1) is 0 Å². The third-order valence-corrected chi connectivity index (χ3v) is 2.40. The number of carbonyl (C=O) groups is 1. The molecule has 4 heteroatoms. The molecule has 16 heavy (non-hydrogen) atoms. The van der Waals surface area contributed by atoms with Crippen molar-refractivity contribution < 1.29 is 19.0 Å². The predicted molar refractivity (Wildman–Crippen MR) is 57.5 cm³/mol. The number of aliphatic hydroxyl groups excluding tert-OH is 1. The fourth-order valence-electron chi connectivity index (χ4n) is 1.38. The lowest BCUT2D eigenvalue weighted by atomic mass is 9.95. The molecule has 2 unspecified atom stereocenters. The lowest BCUT2D eigenvalue weighted by Gasteiger charge is -2.17. The quantitative estimate of drug-likeness (QED) is 0.797. The Labute approximate surface area is 93.9 Å². The molecule has 0 saturated carbocycles. The first-order chi connectivity index (χ1) is 7.56. The molecule has 0 spiro atoms. The van der Waals surface area contributed by atoms with Crippen molar-refractivity contribution >= 4 is 5.97 Å². The van der Waals surface area contributed by atoms with E-state index in [0.717, 1.165) is 0 Å². The third kappa shape index (κ3) is 3.03. The van der Waals surface area contributed by atoms with Gasteiger partial charge in [0, 0.05) is 5.92 Å². The number of hydrogen-bond donors (Lipinski definition) is 1. The van der Waals surface area contributed by atoms with Crippen LogP contribution in [0.3, 0.4) is 0 Å². The maximum absolute atomic E-state index is 12.7. The second kappa shape index (κ2) is 5.61. The molecular formula is C12H15FO3. The van der Waals surface area contributed by atoms with Crippen LogP contribution in [0.15, 0.2) is 24.3 Å². The molecule has 3 nitrogen and oxygen atoms in total. The summed E-state index contributed by atoms with van der Waals surface area (Å²) in [5, 5.41) is 9.67. The van der Waals surface area contributed by atoms with E-state index in [0.29, 0.717) is 5.56 Å². The Morgan fingerprint density at radius 3 is 2.50 bits per heavy atom. The van der Waals surface area contributed by atoms with Crippen LogP contribution in [-0.4, -0.2) is 23.8 Å². The standard InChI is InChI=1S/C12H15FO3/c1-3-16-12(15)11(14)8(2)9-4-6-10(13)7-5-9/h4-8,11,14H,3H2,1-2H3. The number of halogens is 1. The summed E-state index contributed by atoms with van der Waals surface area (Å²) in [6.45, 7) is 3.59. The summed E-state index contributed by atoms with van der Waals surface area (Å²) in [6, 6.07) is 5.68. The Kier molecular flexibility index (Phi) is 4.43. The minimum absolute atomic E-state index is 0.228. The number of rotatable bonds is 4. The van der Waals surface area contributed by atoms with E-state index in [1.165, 1.54) is 12.1 Å². The average molecular weight is 226 g/mol. The average Bonchev–Trinajstić information content (AvgIpc) is 2.28. The normalized spacial score (nSPS) is 14.2. The number of carbonyl (C=O) groups excluding carboxylic acids is 1. The molecule has 0 bridgehead atoms. The van der Waals surface area contributed by atoms with Crippen LogP contribution in [0.2, 0.25) is 0 Å². The molecule has 0 heterocycles. The molecule has 1 aromatic rings. The van der Waals surface area contributed by atoms with E-state index in [1.54, 1.807) is 26.0 Å². The van der Waals surface area contributed by atoms with Gasteiger partial charge in [-0.05, 0) is 24.6 Å². The van der Waals surface area contributed by atoms with Crippen molar-refractivity contribution in [3.05, 3.63) is 35.6 Å². The zero-order valence-electron chi connectivity index (χ0n) is 9.31. The second-order valence-electron chi connectivity index (χ2n) is 3.54. The van der Waals surface area contributed by atoms with Crippen LogP contribution in [0.4, 0.5) is 4.39 Å². The first-order valence-corrected chi connectivity index (χ1v) is 5.16. The Balaban J connectivity index is 2.73. The maximum Gasteiger partial charge on any atom is 0.335 e. The number of aliphatic hydroxyl groups is 1. The SMILES string of the molecule is CCOC(=O)C(O)C(C)c1ccc(F)cc1. The van der Waals surface area contributed by atoms with Gasteiger partial charge in [-0.1, -0.05) is 19.1 Å². The lowest BCUT2D eigenvalue weighted by molar-refractivity contribution is -0.154. The molecule has 0 amide bonds. The fraction of sp³-hybridized carbons (Fsp3) is 0.417. The summed E-state index contributed by atoms with van der Waals surface area (Å²) in [5.41, 5.74) is 0.696. The first kappa shape index (κ1) is 12.6. The van der Waals surface area contributed by atoms with E-state index in [4.69, 9.17) is 4.74 Å². The van der Waals surface area contributed by atoms with Gasteiger partial charge in [0.25, 0.3) is 0 Å². The third-order valence-electron chi connectivity index (χ3n) is 2.40. The molecule has 0 radical (unpaired) electrons. The van der Waals surface area contributed by atoms with Crippen LogP contribution in [0.1, 0.15) is 25.3 Å². The maximum atomic E-state index is 12.7. The number of esters is 1. The van der Waals surface area contributed by atoms with E-state index in [1.807, 2.05) is 0 Å². The van der Waals surface area contributed by atoms with E-state index < -0.39 is 18.0 Å². The molecule has 0 aliphatic carbocycles. The highest BCUT2D eigenvalue weighted by Gasteiger charge is 2.24. The van der Waals surface area contributed by atoms with Gasteiger partial charge in [0.2, 0.25) is 0 Å². The Bertz CT molecular complexity index is 348. The van der Waals surface area contributed by atoms with Gasteiger partial charge in [0.1, 0.15) is 5.82 Å². The van der Waals surface area contributed by atoms with Gasteiger partial charge in [0.15, 0.2) is 6.10 Å². The molecule has 0 aliphatic rings. The van der Waals surface area contributed by atoms with Gasteiger partial charge in [-0.25, -0.2) is 9.18 Å². The molecule has 0 aromatic heterocycles. The Hall–Kier alpha value is -1.42. The highest BCUT2D eigenvalue weighted by atomic mass is 19.1. The van der Waals surface area contributed by atoms with Crippen molar-refractivity contribution in [2.24, 2.45) is 0 Å². The predicted octanol–water partition coefficient (Wildman–Crippen LogP) is 1.85. The van der Waals surface area contributed by atoms with E-state index >= 15 is 0 Å². The highest BCUT2D eigenvalue weighted by molar-refractivity contribution is 5.75. The zero-order valence-corrected chi connectivity index (χ0v) is 9.31. The number of hydrogen-bond acceptors (Lipinski definition) is 3. The van der Waals surface area contributed by atoms with Crippen LogP contribution in [0.5, 0.6) is 0 Å². The molecule has 1 N–H and O–H groups in total. The zero-order chi connectivity index (χ0) is 12.1. The summed E-state index contributed by atoms with van der Waals surface area (Å²) in [6.07, 6.45) is -1.22. The molecule has 1 rings (SSSR count). The molecule has 0 fully saturated rings.